The van der Waals surface area contributed by atoms with Crippen molar-refractivity contribution < 1.29 is 9.53 Å². The number of methoxy groups -OCH3 is 1. The number of ether oxygens (including phenoxy) is 1. The third-order valence-electron chi connectivity index (χ3n) is 4.74. The molecular weight excluding hydrogens is 346 g/mol. The van der Waals surface area contributed by atoms with Crippen LogP contribution in [0.25, 0.3) is 10.2 Å². The Kier molecular flexibility index (Phi) is 4.75. The molecule has 4 rings (SSSR count). The van der Waals surface area contributed by atoms with Crippen molar-refractivity contribution in [2.45, 2.75) is 25.4 Å². The molecule has 2 heterocycles. The summed E-state index contributed by atoms with van der Waals surface area (Å²) in [6.07, 6.45) is 2.01. The number of benzene rings is 2. The summed E-state index contributed by atoms with van der Waals surface area (Å²) in [6.45, 7) is 1.24. The Morgan fingerprint density at radius 3 is 2.85 bits per heavy atom. The van der Waals surface area contributed by atoms with E-state index in [1.54, 1.807) is 18.4 Å². The predicted molar refractivity (Wildman–Crippen MR) is 104 cm³/mol. The van der Waals surface area contributed by atoms with E-state index in [-0.39, 0.29) is 12.1 Å². The van der Waals surface area contributed by atoms with Gasteiger partial charge in [0.25, 0.3) is 0 Å². The third-order valence-corrected chi connectivity index (χ3v) is 5.78. The monoisotopic (exact) mass is 367 g/mol. The second kappa shape index (κ2) is 7.33. The highest BCUT2D eigenvalue weighted by Crippen LogP contribution is 2.32. The molecule has 0 radical (unpaired) electrons. The Bertz CT molecular complexity index is 874. The minimum atomic E-state index is -0.0254. The van der Waals surface area contributed by atoms with Gasteiger partial charge in [-0.05, 0) is 42.7 Å². The fraction of sp³-hybridized carbons (Fsp3) is 0.300. The number of hydrogen-bond donors (Lipinski definition) is 1. The molecule has 6 heteroatoms. The number of thiazole rings is 1. The van der Waals surface area contributed by atoms with E-state index in [1.807, 2.05) is 47.4 Å². The maximum atomic E-state index is 12.7. The van der Waals surface area contributed by atoms with Crippen LogP contribution in [-0.2, 0) is 6.54 Å². The molecule has 1 aromatic heterocycles. The highest BCUT2D eigenvalue weighted by Gasteiger charge is 2.29. The van der Waals surface area contributed by atoms with Crippen molar-refractivity contribution in [3.63, 3.8) is 0 Å². The van der Waals surface area contributed by atoms with Crippen LogP contribution in [0, 0.1) is 0 Å². The lowest BCUT2D eigenvalue weighted by molar-refractivity contribution is 0.192. The zero-order chi connectivity index (χ0) is 17.9. The number of carbonyl (C=O) groups is 1. The van der Waals surface area contributed by atoms with Crippen molar-refractivity contribution in [3.05, 3.63) is 59.1 Å². The lowest BCUT2D eigenvalue weighted by atomic mass is 10.0. The standard InChI is InChI=1S/C20H21N3O2S/c1-25-15-10-8-14(9-11-15)17-6-4-12-23(17)20(24)21-13-19-22-16-5-2-3-7-18(16)26-19/h2-3,5,7-11,17H,4,6,12-13H2,1H3,(H,21,24). The summed E-state index contributed by atoms with van der Waals surface area (Å²) >= 11 is 1.62. The number of nitrogens with zero attached hydrogens (tertiary/aromatic N) is 2. The first-order valence-corrected chi connectivity index (χ1v) is 9.59. The van der Waals surface area contributed by atoms with Gasteiger partial charge in [-0.25, -0.2) is 9.78 Å². The minimum absolute atomic E-state index is 0.0254. The van der Waals surface area contributed by atoms with Gasteiger partial charge < -0.3 is 15.0 Å². The molecular formula is C20H21N3O2S. The van der Waals surface area contributed by atoms with E-state index in [0.717, 1.165) is 45.9 Å². The smallest absolute Gasteiger partial charge is 0.318 e. The summed E-state index contributed by atoms with van der Waals surface area (Å²) in [7, 11) is 1.66. The van der Waals surface area contributed by atoms with Crippen LogP contribution in [-0.4, -0.2) is 29.6 Å². The maximum Gasteiger partial charge on any atom is 0.318 e. The summed E-state index contributed by atoms with van der Waals surface area (Å²) in [6, 6.07) is 16.1. The van der Waals surface area contributed by atoms with E-state index in [2.05, 4.69) is 16.4 Å². The Hall–Kier alpha value is -2.60. The number of hydrogen-bond acceptors (Lipinski definition) is 4. The number of fused-ring (bicyclic) bond motifs is 1. The molecule has 1 atom stereocenters. The molecule has 2 amide bonds. The molecule has 26 heavy (non-hydrogen) atoms. The van der Waals surface area contributed by atoms with Crippen LogP contribution in [0.15, 0.2) is 48.5 Å². The van der Waals surface area contributed by atoms with Crippen molar-refractivity contribution in [2.75, 3.05) is 13.7 Å². The number of likely N-dealkylation sites (tertiary alicyclic amines) is 1. The lowest BCUT2D eigenvalue weighted by Crippen LogP contribution is -2.39. The number of amides is 2. The molecule has 2 aromatic carbocycles. The number of nitrogens with one attached hydrogen (secondary N) is 1. The normalized spacial score (nSPS) is 16.8. The van der Waals surface area contributed by atoms with Crippen molar-refractivity contribution in [2.24, 2.45) is 0 Å². The molecule has 0 aliphatic carbocycles. The first-order valence-electron chi connectivity index (χ1n) is 8.77. The van der Waals surface area contributed by atoms with Crippen molar-refractivity contribution in [3.8, 4) is 5.75 Å². The average Bonchev–Trinajstić information content (AvgIpc) is 3.33. The van der Waals surface area contributed by atoms with E-state index in [0.29, 0.717) is 6.54 Å². The highest BCUT2D eigenvalue weighted by molar-refractivity contribution is 7.18. The summed E-state index contributed by atoms with van der Waals surface area (Å²) < 4.78 is 6.37. The van der Waals surface area contributed by atoms with Gasteiger partial charge in [-0.15, -0.1) is 11.3 Å². The fourth-order valence-corrected chi connectivity index (χ4v) is 4.34. The minimum Gasteiger partial charge on any atom is -0.497 e. The van der Waals surface area contributed by atoms with Crippen LogP contribution in [0.5, 0.6) is 5.75 Å². The van der Waals surface area contributed by atoms with Gasteiger partial charge in [0.2, 0.25) is 0 Å². The van der Waals surface area contributed by atoms with E-state index in [9.17, 15) is 4.79 Å². The van der Waals surface area contributed by atoms with Gasteiger partial charge in [0, 0.05) is 6.54 Å². The molecule has 134 valence electrons. The number of carbonyl (C=O) groups excluding carboxylic acids is 1. The molecule has 1 saturated heterocycles. The summed E-state index contributed by atoms with van der Waals surface area (Å²) in [5.74, 6) is 0.832. The summed E-state index contributed by atoms with van der Waals surface area (Å²) in [4.78, 5) is 19.2. The van der Waals surface area contributed by atoms with Gasteiger partial charge in [-0.2, -0.15) is 0 Å². The van der Waals surface area contributed by atoms with Crippen molar-refractivity contribution in [1.29, 1.82) is 0 Å². The number of urea groups is 1. The van der Waals surface area contributed by atoms with Crippen molar-refractivity contribution >= 4 is 27.6 Å². The molecule has 5 nitrogen and oxygen atoms in total. The topological polar surface area (TPSA) is 54.5 Å². The molecule has 1 N–H and O–H groups in total. The van der Waals surface area contributed by atoms with Gasteiger partial charge in [0.15, 0.2) is 0 Å². The first-order chi connectivity index (χ1) is 12.7. The van der Waals surface area contributed by atoms with Crippen molar-refractivity contribution in [1.82, 2.24) is 15.2 Å². The quantitative estimate of drug-likeness (QED) is 0.746. The zero-order valence-corrected chi connectivity index (χ0v) is 15.5. The number of aromatic nitrogens is 1. The second-order valence-electron chi connectivity index (χ2n) is 6.36. The molecule has 0 bridgehead atoms. The van der Waals surface area contributed by atoms with Crippen LogP contribution in [0.2, 0.25) is 0 Å². The largest absolute Gasteiger partial charge is 0.497 e. The lowest BCUT2D eigenvalue weighted by Gasteiger charge is -2.25. The van der Waals surface area contributed by atoms with Gasteiger partial charge >= 0.3 is 6.03 Å². The molecule has 0 spiro atoms. The first kappa shape index (κ1) is 16.8. The summed E-state index contributed by atoms with van der Waals surface area (Å²) in [5, 5.41) is 3.96. The van der Waals surface area contributed by atoms with Gasteiger partial charge in [-0.3, -0.25) is 0 Å². The zero-order valence-electron chi connectivity index (χ0n) is 14.6. The Morgan fingerprint density at radius 2 is 2.08 bits per heavy atom. The highest BCUT2D eigenvalue weighted by atomic mass is 32.1. The molecule has 1 aliphatic rings. The number of para-hydroxylation sites is 1. The molecule has 1 fully saturated rings. The van der Waals surface area contributed by atoms with Crippen LogP contribution < -0.4 is 10.1 Å². The fourth-order valence-electron chi connectivity index (χ4n) is 3.43. The molecule has 3 aromatic rings. The van der Waals surface area contributed by atoms with Gasteiger partial charge in [0.05, 0.1) is 29.9 Å². The van der Waals surface area contributed by atoms with Crippen LogP contribution in [0.1, 0.15) is 29.5 Å². The van der Waals surface area contributed by atoms with Gasteiger partial charge in [-0.1, -0.05) is 24.3 Å². The Morgan fingerprint density at radius 1 is 1.27 bits per heavy atom. The maximum absolute atomic E-state index is 12.7. The van der Waals surface area contributed by atoms with E-state index in [1.165, 1.54) is 0 Å². The number of rotatable bonds is 4. The predicted octanol–water partition coefficient (Wildman–Crippen LogP) is 4.35. The van der Waals surface area contributed by atoms with E-state index < -0.39 is 0 Å². The van der Waals surface area contributed by atoms with Gasteiger partial charge in [0.1, 0.15) is 10.8 Å². The average molecular weight is 367 g/mol. The third kappa shape index (κ3) is 3.37. The van der Waals surface area contributed by atoms with Crippen LogP contribution in [0.3, 0.4) is 0 Å². The molecule has 0 saturated carbocycles. The van der Waals surface area contributed by atoms with E-state index >= 15 is 0 Å². The Balaban J connectivity index is 1.42. The Labute approximate surface area is 156 Å². The second-order valence-corrected chi connectivity index (χ2v) is 7.47. The molecule has 1 aliphatic heterocycles. The van der Waals surface area contributed by atoms with Crippen LogP contribution in [0.4, 0.5) is 4.79 Å². The summed E-state index contributed by atoms with van der Waals surface area (Å²) in [5.41, 5.74) is 2.14. The molecule has 1 unspecified atom stereocenters. The van der Waals surface area contributed by atoms with E-state index in [4.69, 9.17) is 4.74 Å². The SMILES string of the molecule is COc1ccc(C2CCCN2C(=O)NCc2nc3ccccc3s2)cc1. The van der Waals surface area contributed by atoms with Crippen LogP contribution >= 0.6 is 11.3 Å².